The fourth-order valence-corrected chi connectivity index (χ4v) is 1.44. The normalized spacial score (nSPS) is 10.6. The van der Waals surface area contributed by atoms with Gasteiger partial charge in [-0.1, -0.05) is 15.9 Å². The number of aromatic nitrogens is 3. The standard InChI is InChI=1S/C8H6BrN3O2/c9-5-1-2-12-7(3-5)10-6(11-12)4-8(13)14/h1-3H,4H2,(H,13,14). The summed E-state index contributed by atoms with van der Waals surface area (Å²) in [6.45, 7) is 0. The lowest BCUT2D eigenvalue weighted by Gasteiger charge is -1.89. The van der Waals surface area contributed by atoms with Crippen LogP contribution in [0.5, 0.6) is 0 Å². The summed E-state index contributed by atoms with van der Waals surface area (Å²) in [5.41, 5.74) is 0.635. The lowest BCUT2D eigenvalue weighted by atomic mass is 10.4. The van der Waals surface area contributed by atoms with Crippen molar-refractivity contribution in [2.75, 3.05) is 0 Å². The number of carboxylic acid groups (broad SMARTS) is 1. The third-order valence-corrected chi connectivity index (χ3v) is 2.15. The highest BCUT2D eigenvalue weighted by atomic mass is 79.9. The van der Waals surface area contributed by atoms with E-state index in [1.807, 2.05) is 6.07 Å². The molecular formula is C8H6BrN3O2. The minimum absolute atomic E-state index is 0.153. The van der Waals surface area contributed by atoms with E-state index in [0.29, 0.717) is 11.5 Å². The van der Waals surface area contributed by atoms with Crippen molar-refractivity contribution in [2.45, 2.75) is 6.42 Å². The molecule has 2 aromatic heterocycles. The molecule has 1 N–H and O–H groups in total. The summed E-state index contributed by atoms with van der Waals surface area (Å²) in [6, 6.07) is 3.59. The largest absolute Gasteiger partial charge is 0.481 e. The third-order valence-electron chi connectivity index (χ3n) is 1.65. The van der Waals surface area contributed by atoms with Gasteiger partial charge < -0.3 is 5.11 Å². The first kappa shape index (κ1) is 9.14. The molecule has 2 rings (SSSR count). The number of hydrogen-bond donors (Lipinski definition) is 1. The lowest BCUT2D eigenvalue weighted by Crippen LogP contribution is -2.01. The maximum atomic E-state index is 10.4. The van der Waals surface area contributed by atoms with Crippen LogP contribution < -0.4 is 0 Å². The average Bonchev–Trinajstić information content (AvgIpc) is 2.44. The van der Waals surface area contributed by atoms with Gasteiger partial charge in [-0.3, -0.25) is 4.79 Å². The molecule has 2 heterocycles. The first-order valence-corrected chi connectivity index (χ1v) is 4.67. The Morgan fingerprint density at radius 2 is 2.43 bits per heavy atom. The molecule has 0 aliphatic carbocycles. The van der Waals surface area contributed by atoms with Crippen molar-refractivity contribution < 1.29 is 9.90 Å². The second-order valence-electron chi connectivity index (χ2n) is 2.75. The van der Waals surface area contributed by atoms with Crippen LogP contribution in [0.15, 0.2) is 22.8 Å². The fraction of sp³-hybridized carbons (Fsp3) is 0.125. The summed E-state index contributed by atoms with van der Waals surface area (Å²) in [5.74, 6) is -0.615. The van der Waals surface area contributed by atoms with Crippen LogP contribution >= 0.6 is 15.9 Å². The number of nitrogens with zero attached hydrogens (tertiary/aromatic N) is 3. The monoisotopic (exact) mass is 255 g/mol. The smallest absolute Gasteiger partial charge is 0.311 e. The van der Waals surface area contributed by atoms with E-state index in [1.165, 1.54) is 0 Å². The van der Waals surface area contributed by atoms with Crippen molar-refractivity contribution in [1.29, 1.82) is 0 Å². The SMILES string of the molecule is O=C(O)Cc1nc2cc(Br)ccn2n1. The van der Waals surface area contributed by atoms with E-state index in [4.69, 9.17) is 5.11 Å². The highest BCUT2D eigenvalue weighted by molar-refractivity contribution is 9.10. The van der Waals surface area contributed by atoms with Gasteiger partial charge in [0.15, 0.2) is 11.5 Å². The first-order valence-electron chi connectivity index (χ1n) is 3.88. The molecule has 72 valence electrons. The number of carboxylic acids is 1. The third kappa shape index (κ3) is 1.74. The van der Waals surface area contributed by atoms with Crippen LogP contribution in [0, 0.1) is 0 Å². The lowest BCUT2D eigenvalue weighted by molar-refractivity contribution is -0.136. The van der Waals surface area contributed by atoms with Gasteiger partial charge in [0.25, 0.3) is 0 Å². The van der Waals surface area contributed by atoms with Crippen molar-refractivity contribution in [3.8, 4) is 0 Å². The molecule has 0 atom stereocenters. The molecule has 0 bridgehead atoms. The van der Waals surface area contributed by atoms with Gasteiger partial charge in [0, 0.05) is 10.7 Å². The van der Waals surface area contributed by atoms with Crippen LogP contribution in [0.3, 0.4) is 0 Å². The summed E-state index contributed by atoms with van der Waals surface area (Å²) >= 11 is 3.30. The molecule has 0 spiro atoms. The quantitative estimate of drug-likeness (QED) is 0.874. The molecule has 14 heavy (non-hydrogen) atoms. The number of pyridine rings is 1. The number of hydrogen-bond acceptors (Lipinski definition) is 3. The van der Waals surface area contributed by atoms with Crippen LogP contribution in [0.25, 0.3) is 5.65 Å². The second-order valence-corrected chi connectivity index (χ2v) is 3.66. The molecule has 6 heteroatoms. The van der Waals surface area contributed by atoms with E-state index in [2.05, 4.69) is 26.0 Å². The maximum Gasteiger partial charge on any atom is 0.311 e. The topological polar surface area (TPSA) is 67.5 Å². The second kappa shape index (κ2) is 3.38. The summed E-state index contributed by atoms with van der Waals surface area (Å²) in [7, 11) is 0. The molecule has 2 aromatic rings. The molecule has 5 nitrogen and oxygen atoms in total. The van der Waals surface area contributed by atoms with Gasteiger partial charge in [-0.25, -0.2) is 9.50 Å². The Bertz CT molecular complexity index is 494. The summed E-state index contributed by atoms with van der Waals surface area (Å²) in [6.07, 6.45) is 1.57. The average molecular weight is 256 g/mol. The maximum absolute atomic E-state index is 10.4. The van der Waals surface area contributed by atoms with Crippen molar-refractivity contribution in [3.05, 3.63) is 28.6 Å². The Morgan fingerprint density at radius 1 is 1.64 bits per heavy atom. The van der Waals surface area contributed by atoms with Crippen molar-refractivity contribution >= 4 is 27.5 Å². The van der Waals surface area contributed by atoms with Crippen molar-refractivity contribution in [2.24, 2.45) is 0 Å². The van der Waals surface area contributed by atoms with E-state index in [9.17, 15) is 4.79 Å². The molecule has 0 amide bonds. The molecule has 0 radical (unpaired) electrons. The van der Waals surface area contributed by atoms with Crippen molar-refractivity contribution in [3.63, 3.8) is 0 Å². The summed E-state index contributed by atoms with van der Waals surface area (Å²) < 4.78 is 2.43. The van der Waals surface area contributed by atoms with Crippen molar-refractivity contribution in [1.82, 2.24) is 14.6 Å². The highest BCUT2D eigenvalue weighted by Crippen LogP contribution is 2.11. The number of rotatable bonds is 2. The highest BCUT2D eigenvalue weighted by Gasteiger charge is 2.07. The Hall–Kier alpha value is -1.43. The van der Waals surface area contributed by atoms with Crippen LogP contribution in [0.1, 0.15) is 5.82 Å². The Morgan fingerprint density at radius 3 is 3.14 bits per heavy atom. The summed E-state index contributed by atoms with van der Waals surface area (Å²) in [4.78, 5) is 14.5. The van der Waals surface area contributed by atoms with Crippen LogP contribution in [-0.4, -0.2) is 25.7 Å². The van der Waals surface area contributed by atoms with E-state index in [0.717, 1.165) is 4.47 Å². The molecule has 0 saturated heterocycles. The number of carbonyl (C=O) groups is 1. The van der Waals surface area contributed by atoms with E-state index >= 15 is 0 Å². The van der Waals surface area contributed by atoms with Crippen LogP contribution in [0.4, 0.5) is 0 Å². The summed E-state index contributed by atoms with van der Waals surface area (Å²) in [5, 5.41) is 12.5. The molecule has 0 aliphatic heterocycles. The Balaban J connectivity index is 2.46. The predicted molar refractivity (Wildman–Crippen MR) is 52.0 cm³/mol. The van der Waals surface area contributed by atoms with Gasteiger partial charge in [-0.15, -0.1) is 0 Å². The number of aliphatic carboxylic acids is 1. The minimum atomic E-state index is -0.931. The zero-order valence-corrected chi connectivity index (χ0v) is 8.60. The molecule has 0 aromatic carbocycles. The molecule has 0 saturated carbocycles. The van der Waals surface area contributed by atoms with Gasteiger partial charge in [0.1, 0.15) is 6.42 Å². The van der Waals surface area contributed by atoms with Gasteiger partial charge in [0.2, 0.25) is 0 Å². The van der Waals surface area contributed by atoms with Crippen LogP contribution in [0.2, 0.25) is 0 Å². The van der Waals surface area contributed by atoms with Gasteiger partial charge in [0.05, 0.1) is 0 Å². The molecule has 0 aliphatic rings. The zero-order chi connectivity index (χ0) is 10.1. The van der Waals surface area contributed by atoms with Gasteiger partial charge >= 0.3 is 5.97 Å². The number of halogens is 1. The fourth-order valence-electron chi connectivity index (χ4n) is 1.11. The predicted octanol–water partition coefficient (Wildman–Crippen LogP) is 1.12. The Labute approximate surface area is 87.5 Å². The molecular weight excluding hydrogens is 250 g/mol. The first-order chi connectivity index (χ1) is 6.65. The van der Waals surface area contributed by atoms with E-state index in [1.54, 1.807) is 16.8 Å². The molecule has 0 unspecified atom stereocenters. The van der Waals surface area contributed by atoms with Gasteiger partial charge in [-0.05, 0) is 12.1 Å². The number of fused-ring (bicyclic) bond motifs is 1. The van der Waals surface area contributed by atoms with E-state index in [-0.39, 0.29) is 6.42 Å². The molecule has 0 fully saturated rings. The zero-order valence-electron chi connectivity index (χ0n) is 7.01. The van der Waals surface area contributed by atoms with Gasteiger partial charge in [-0.2, -0.15) is 5.10 Å². The van der Waals surface area contributed by atoms with Crippen LogP contribution in [-0.2, 0) is 11.2 Å². The Kier molecular flexibility index (Phi) is 2.20. The minimum Gasteiger partial charge on any atom is -0.481 e. The van der Waals surface area contributed by atoms with E-state index < -0.39 is 5.97 Å².